The Balaban J connectivity index is 2.03. The van der Waals surface area contributed by atoms with E-state index in [1.165, 1.54) is 12.1 Å². The molecule has 0 aliphatic heterocycles. The quantitative estimate of drug-likeness (QED) is 0.751. The lowest BCUT2D eigenvalue weighted by Gasteiger charge is -2.33. The summed E-state index contributed by atoms with van der Waals surface area (Å²) < 4.78 is 12.8. The largest absolute Gasteiger partial charge is 0.398 e. The Bertz CT molecular complexity index is 413. The topological polar surface area (TPSA) is 55.1 Å². The van der Waals surface area contributed by atoms with Gasteiger partial charge < -0.3 is 11.1 Å². The van der Waals surface area contributed by atoms with Crippen LogP contribution in [-0.4, -0.2) is 11.9 Å². The van der Waals surface area contributed by atoms with Crippen LogP contribution in [0.3, 0.4) is 0 Å². The predicted molar refractivity (Wildman–Crippen MR) is 60.5 cm³/mol. The predicted octanol–water partition coefficient (Wildman–Crippen LogP) is 1.94. The van der Waals surface area contributed by atoms with Crippen LogP contribution in [0.2, 0.25) is 0 Å². The van der Waals surface area contributed by atoms with Crippen LogP contribution in [0, 0.1) is 11.7 Å². The number of hydrogen-bond acceptors (Lipinski definition) is 2. The molecule has 4 heteroatoms. The maximum Gasteiger partial charge on any atom is 0.253 e. The van der Waals surface area contributed by atoms with Crippen LogP contribution < -0.4 is 11.1 Å². The summed E-state index contributed by atoms with van der Waals surface area (Å²) in [5, 5.41) is 2.88. The number of halogens is 1. The van der Waals surface area contributed by atoms with Gasteiger partial charge in [0.25, 0.3) is 5.91 Å². The van der Waals surface area contributed by atoms with E-state index in [2.05, 4.69) is 12.2 Å². The molecule has 1 aromatic carbocycles. The van der Waals surface area contributed by atoms with E-state index < -0.39 is 5.82 Å². The molecule has 3 N–H and O–H groups in total. The molecule has 3 nitrogen and oxygen atoms in total. The summed E-state index contributed by atoms with van der Waals surface area (Å²) in [5.74, 6) is 0.0385. The molecular formula is C12H15FN2O. The highest BCUT2D eigenvalue weighted by molar-refractivity contribution is 5.99. The second-order valence-corrected chi connectivity index (χ2v) is 4.48. The highest BCUT2D eigenvalue weighted by Gasteiger charge is 2.27. The number of nitrogen functional groups attached to an aromatic ring is 1. The summed E-state index contributed by atoms with van der Waals surface area (Å²) in [6.45, 7) is 2.15. The first-order chi connectivity index (χ1) is 7.56. The van der Waals surface area contributed by atoms with Crippen molar-refractivity contribution in [3.63, 3.8) is 0 Å². The molecule has 1 aliphatic carbocycles. The lowest BCUT2D eigenvalue weighted by atomic mass is 9.82. The minimum absolute atomic E-state index is 0.185. The second-order valence-electron chi connectivity index (χ2n) is 4.48. The first-order valence-electron chi connectivity index (χ1n) is 5.42. The number of amides is 1. The maximum absolute atomic E-state index is 12.8. The van der Waals surface area contributed by atoms with Gasteiger partial charge in [-0.3, -0.25) is 4.79 Å². The molecule has 1 fully saturated rings. The number of nitrogens with two attached hydrogens (primary N) is 1. The number of rotatable bonds is 2. The normalized spacial score (nSPS) is 23.6. The minimum atomic E-state index is -0.425. The van der Waals surface area contributed by atoms with E-state index in [1.807, 2.05) is 0 Å². The fourth-order valence-electron chi connectivity index (χ4n) is 2.02. The van der Waals surface area contributed by atoms with E-state index in [9.17, 15) is 9.18 Å². The molecule has 0 bridgehead atoms. The van der Waals surface area contributed by atoms with Gasteiger partial charge in [0.2, 0.25) is 0 Å². The smallest absolute Gasteiger partial charge is 0.253 e. The van der Waals surface area contributed by atoms with Crippen molar-refractivity contribution in [2.45, 2.75) is 25.8 Å². The van der Waals surface area contributed by atoms with Crippen LogP contribution in [0.1, 0.15) is 30.1 Å². The lowest BCUT2D eigenvalue weighted by molar-refractivity contribution is 0.0897. The molecule has 0 saturated heterocycles. The Morgan fingerprint density at radius 3 is 2.75 bits per heavy atom. The summed E-state index contributed by atoms with van der Waals surface area (Å²) >= 11 is 0. The van der Waals surface area contributed by atoms with Gasteiger partial charge in [0, 0.05) is 11.7 Å². The van der Waals surface area contributed by atoms with Crippen LogP contribution in [0.4, 0.5) is 10.1 Å². The van der Waals surface area contributed by atoms with E-state index >= 15 is 0 Å². The minimum Gasteiger partial charge on any atom is -0.398 e. The van der Waals surface area contributed by atoms with E-state index in [1.54, 1.807) is 0 Å². The molecule has 0 aromatic heterocycles. The summed E-state index contributed by atoms with van der Waals surface area (Å²) in [5.41, 5.74) is 6.12. The molecular weight excluding hydrogens is 207 g/mol. The fraction of sp³-hybridized carbons (Fsp3) is 0.417. The summed E-state index contributed by atoms with van der Waals surface area (Å²) in [7, 11) is 0. The third kappa shape index (κ3) is 2.15. The Hall–Kier alpha value is -1.58. The van der Waals surface area contributed by atoms with E-state index in [-0.39, 0.29) is 17.6 Å². The van der Waals surface area contributed by atoms with Gasteiger partial charge in [0.05, 0.1) is 5.56 Å². The molecule has 1 saturated carbocycles. The van der Waals surface area contributed by atoms with Crippen LogP contribution in [-0.2, 0) is 0 Å². The molecule has 86 valence electrons. The zero-order valence-electron chi connectivity index (χ0n) is 9.16. The van der Waals surface area contributed by atoms with Crippen molar-refractivity contribution in [1.29, 1.82) is 0 Å². The Kier molecular flexibility index (Phi) is 2.81. The molecule has 2 rings (SSSR count). The number of benzene rings is 1. The van der Waals surface area contributed by atoms with Crippen molar-refractivity contribution in [3.05, 3.63) is 29.6 Å². The third-order valence-corrected chi connectivity index (χ3v) is 2.97. The standard InChI is InChI=1S/C12H15FN2O/c1-7-4-9(5-7)15-12(16)10-3-2-8(13)6-11(10)14/h2-3,6-7,9H,4-5,14H2,1H3,(H,15,16). The van der Waals surface area contributed by atoms with Gasteiger partial charge in [0.1, 0.15) is 5.82 Å². The highest BCUT2D eigenvalue weighted by atomic mass is 19.1. The number of carbonyl (C=O) groups excluding carboxylic acids is 1. The number of carbonyl (C=O) groups is 1. The third-order valence-electron chi connectivity index (χ3n) is 2.97. The summed E-state index contributed by atoms with van der Waals surface area (Å²) in [6, 6.07) is 4.07. The van der Waals surface area contributed by atoms with Gasteiger partial charge in [-0.2, -0.15) is 0 Å². The molecule has 0 spiro atoms. The second kappa shape index (κ2) is 4.12. The lowest BCUT2D eigenvalue weighted by Crippen LogP contribution is -2.43. The fourth-order valence-corrected chi connectivity index (χ4v) is 2.02. The van der Waals surface area contributed by atoms with Crippen molar-refractivity contribution in [1.82, 2.24) is 5.32 Å². The van der Waals surface area contributed by atoms with Gasteiger partial charge in [-0.05, 0) is 37.0 Å². The molecule has 1 amide bonds. The monoisotopic (exact) mass is 222 g/mol. The van der Waals surface area contributed by atoms with Gasteiger partial charge in [0.15, 0.2) is 0 Å². The molecule has 0 atom stereocenters. The van der Waals surface area contributed by atoms with Crippen molar-refractivity contribution < 1.29 is 9.18 Å². The van der Waals surface area contributed by atoms with Crippen molar-refractivity contribution >= 4 is 11.6 Å². The van der Waals surface area contributed by atoms with E-state index in [0.29, 0.717) is 11.5 Å². The number of nitrogens with one attached hydrogen (secondary N) is 1. The van der Waals surface area contributed by atoms with Gasteiger partial charge in [-0.15, -0.1) is 0 Å². The van der Waals surface area contributed by atoms with E-state index in [4.69, 9.17) is 5.73 Å². The molecule has 16 heavy (non-hydrogen) atoms. The first-order valence-corrected chi connectivity index (χ1v) is 5.42. The first kappa shape index (κ1) is 10.9. The van der Waals surface area contributed by atoms with Crippen LogP contribution in [0.15, 0.2) is 18.2 Å². The number of anilines is 1. The van der Waals surface area contributed by atoms with Crippen LogP contribution in [0.25, 0.3) is 0 Å². The van der Waals surface area contributed by atoms with Crippen LogP contribution in [0.5, 0.6) is 0 Å². The van der Waals surface area contributed by atoms with Crippen molar-refractivity contribution in [2.75, 3.05) is 5.73 Å². The average Bonchev–Trinajstić information content (AvgIpc) is 2.15. The SMILES string of the molecule is CC1CC(NC(=O)c2ccc(F)cc2N)C1. The average molecular weight is 222 g/mol. The zero-order valence-corrected chi connectivity index (χ0v) is 9.16. The Morgan fingerprint density at radius 1 is 1.50 bits per heavy atom. The van der Waals surface area contributed by atoms with E-state index in [0.717, 1.165) is 18.9 Å². The highest BCUT2D eigenvalue weighted by Crippen LogP contribution is 2.26. The molecule has 1 aliphatic rings. The molecule has 0 heterocycles. The van der Waals surface area contributed by atoms with Gasteiger partial charge in [-0.1, -0.05) is 6.92 Å². The molecule has 0 radical (unpaired) electrons. The summed E-state index contributed by atoms with van der Waals surface area (Å²) in [6.07, 6.45) is 2.01. The molecule has 0 unspecified atom stereocenters. The Morgan fingerprint density at radius 2 is 2.19 bits per heavy atom. The van der Waals surface area contributed by atoms with Crippen molar-refractivity contribution in [3.8, 4) is 0 Å². The van der Waals surface area contributed by atoms with Crippen molar-refractivity contribution in [2.24, 2.45) is 5.92 Å². The molecule has 1 aromatic rings. The Labute approximate surface area is 93.8 Å². The van der Waals surface area contributed by atoms with Gasteiger partial charge >= 0.3 is 0 Å². The van der Waals surface area contributed by atoms with Crippen LogP contribution >= 0.6 is 0 Å². The number of hydrogen-bond donors (Lipinski definition) is 2. The zero-order chi connectivity index (χ0) is 11.7. The summed E-state index contributed by atoms with van der Waals surface area (Å²) in [4.78, 5) is 11.8. The van der Waals surface area contributed by atoms with Gasteiger partial charge in [-0.25, -0.2) is 4.39 Å². The maximum atomic E-state index is 12.8.